The average molecular weight is 276 g/mol. The first-order chi connectivity index (χ1) is 9.26. The normalized spacial score (nSPS) is 12.8. The van der Waals surface area contributed by atoms with Crippen LogP contribution in [0.1, 0.15) is 48.0 Å². The lowest BCUT2D eigenvalue weighted by molar-refractivity contribution is 0.540. The molecule has 0 saturated carbocycles. The Balaban J connectivity index is 2.04. The lowest BCUT2D eigenvalue weighted by Crippen LogP contribution is -2.15. The second-order valence-electron chi connectivity index (χ2n) is 4.97. The summed E-state index contributed by atoms with van der Waals surface area (Å²) in [7, 11) is 2.05. The van der Waals surface area contributed by atoms with Crippen molar-refractivity contribution in [1.82, 2.24) is 9.88 Å². The second-order valence-corrected chi connectivity index (χ2v) is 6.22. The average Bonchev–Trinajstić information content (AvgIpc) is 3.05. The van der Waals surface area contributed by atoms with Crippen molar-refractivity contribution < 1.29 is 0 Å². The molecule has 0 fully saturated rings. The molecule has 0 radical (unpaired) electrons. The summed E-state index contributed by atoms with van der Waals surface area (Å²) in [5.74, 6) is 0. The van der Waals surface area contributed by atoms with Crippen molar-refractivity contribution in [2.24, 2.45) is 0 Å². The third kappa shape index (κ3) is 3.71. The third-order valence-corrected chi connectivity index (χ3v) is 4.72. The number of aromatic nitrogens is 1. The summed E-state index contributed by atoms with van der Waals surface area (Å²) in [6.07, 6.45) is 8.02. The van der Waals surface area contributed by atoms with Crippen molar-refractivity contribution in [3.8, 4) is 0 Å². The molecule has 104 valence electrons. The van der Waals surface area contributed by atoms with Gasteiger partial charge in [-0.1, -0.05) is 20.3 Å². The molecule has 0 aliphatic carbocycles. The van der Waals surface area contributed by atoms with Crippen LogP contribution in [0.15, 0.2) is 30.6 Å². The van der Waals surface area contributed by atoms with Gasteiger partial charge in [-0.15, -0.1) is 11.3 Å². The van der Waals surface area contributed by atoms with Crippen LogP contribution in [-0.2, 0) is 13.0 Å². The molecule has 2 heterocycles. The first-order valence-electron chi connectivity index (χ1n) is 7.17. The van der Waals surface area contributed by atoms with Gasteiger partial charge in [-0.3, -0.25) is 0 Å². The van der Waals surface area contributed by atoms with Gasteiger partial charge in [-0.2, -0.15) is 0 Å². The van der Waals surface area contributed by atoms with E-state index in [1.54, 1.807) is 0 Å². The summed E-state index contributed by atoms with van der Waals surface area (Å²) in [5.41, 5.74) is 1.40. The first kappa shape index (κ1) is 14.4. The molecule has 0 aromatic carbocycles. The Labute approximate surface area is 120 Å². The Morgan fingerprint density at radius 2 is 2.00 bits per heavy atom. The fraction of sp³-hybridized carbons (Fsp3) is 0.500. The molecule has 0 spiro atoms. The molecular formula is C16H24N2S. The number of nitrogens with zero attached hydrogens (tertiary/aromatic N) is 1. The van der Waals surface area contributed by atoms with Crippen molar-refractivity contribution in [3.05, 3.63) is 45.9 Å². The minimum absolute atomic E-state index is 0.487. The lowest BCUT2D eigenvalue weighted by atomic mass is 10.1. The summed E-state index contributed by atoms with van der Waals surface area (Å²) in [5, 5.41) is 3.40. The van der Waals surface area contributed by atoms with Crippen LogP contribution in [0.4, 0.5) is 0 Å². The molecule has 0 saturated heterocycles. The van der Waals surface area contributed by atoms with Crippen LogP contribution in [-0.4, -0.2) is 11.6 Å². The van der Waals surface area contributed by atoms with E-state index in [9.17, 15) is 0 Å². The van der Waals surface area contributed by atoms with Crippen LogP contribution in [0, 0.1) is 0 Å². The zero-order valence-electron chi connectivity index (χ0n) is 12.1. The topological polar surface area (TPSA) is 17.0 Å². The molecule has 19 heavy (non-hydrogen) atoms. The van der Waals surface area contributed by atoms with Crippen LogP contribution in [0.5, 0.6) is 0 Å². The van der Waals surface area contributed by atoms with E-state index in [4.69, 9.17) is 0 Å². The molecule has 1 unspecified atom stereocenters. The van der Waals surface area contributed by atoms with Gasteiger partial charge in [0.1, 0.15) is 0 Å². The molecule has 2 rings (SSSR count). The van der Waals surface area contributed by atoms with E-state index in [-0.39, 0.29) is 0 Å². The predicted molar refractivity (Wildman–Crippen MR) is 83.9 cm³/mol. The van der Waals surface area contributed by atoms with Crippen LogP contribution in [0.2, 0.25) is 0 Å². The number of nitrogens with one attached hydrogen (secondary N) is 1. The van der Waals surface area contributed by atoms with Gasteiger partial charge in [-0.05, 0) is 43.7 Å². The summed E-state index contributed by atoms with van der Waals surface area (Å²) in [4.78, 5) is 2.91. The maximum absolute atomic E-state index is 3.40. The van der Waals surface area contributed by atoms with Crippen molar-refractivity contribution >= 4 is 11.3 Å². The smallest absolute Gasteiger partial charge is 0.0563 e. The number of thiophene rings is 1. The molecule has 1 atom stereocenters. The molecule has 0 aliphatic rings. The van der Waals surface area contributed by atoms with Gasteiger partial charge in [0, 0.05) is 28.2 Å². The highest BCUT2D eigenvalue weighted by Crippen LogP contribution is 2.21. The van der Waals surface area contributed by atoms with E-state index in [1.165, 1.54) is 28.2 Å². The molecule has 0 bridgehead atoms. The SMILES string of the molecule is CCCC(NC)c1ccn(Cc2ccc(CC)s2)c1. The third-order valence-electron chi connectivity index (χ3n) is 3.51. The molecule has 0 aliphatic heterocycles. The van der Waals surface area contributed by atoms with Crippen LogP contribution in [0.25, 0.3) is 0 Å². The molecular weight excluding hydrogens is 252 g/mol. The number of rotatable bonds is 7. The fourth-order valence-electron chi connectivity index (χ4n) is 2.41. The van der Waals surface area contributed by atoms with E-state index in [1.807, 2.05) is 18.4 Å². The molecule has 0 amide bonds. The van der Waals surface area contributed by atoms with Crippen LogP contribution in [0.3, 0.4) is 0 Å². The van der Waals surface area contributed by atoms with Crippen molar-refractivity contribution in [3.63, 3.8) is 0 Å². The number of aryl methyl sites for hydroxylation is 1. The van der Waals surface area contributed by atoms with Crippen LogP contribution >= 0.6 is 11.3 Å². The highest BCUT2D eigenvalue weighted by atomic mass is 32.1. The van der Waals surface area contributed by atoms with Gasteiger partial charge in [0.2, 0.25) is 0 Å². The van der Waals surface area contributed by atoms with E-state index in [0.717, 1.165) is 13.0 Å². The maximum Gasteiger partial charge on any atom is 0.0563 e. The van der Waals surface area contributed by atoms with E-state index in [0.29, 0.717) is 6.04 Å². The molecule has 3 heteroatoms. The largest absolute Gasteiger partial charge is 0.349 e. The lowest BCUT2D eigenvalue weighted by Gasteiger charge is -2.13. The van der Waals surface area contributed by atoms with Crippen molar-refractivity contribution in [2.75, 3.05) is 7.05 Å². The van der Waals surface area contributed by atoms with Crippen LogP contribution < -0.4 is 5.32 Å². The minimum atomic E-state index is 0.487. The fourth-order valence-corrected chi connectivity index (χ4v) is 3.37. The monoisotopic (exact) mass is 276 g/mol. The number of hydrogen-bond donors (Lipinski definition) is 1. The van der Waals surface area contributed by atoms with E-state index in [2.05, 4.69) is 54.3 Å². The van der Waals surface area contributed by atoms with Gasteiger partial charge in [0.15, 0.2) is 0 Å². The standard InChI is InChI=1S/C16H24N2S/c1-4-6-16(17-3)13-9-10-18(11-13)12-15-8-7-14(5-2)19-15/h7-11,16-17H,4-6,12H2,1-3H3. The first-order valence-corrected chi connectivity index (χ1v) is 7.99. The van der Waals surface area contributed by atoms with E-state index >= 15 is 0 Å². The summed E-state index contributed by atoms with van der Waals surface area (Å²) < 4.78 is 2.29. The maximum atomic E-state index is 3.40. The highest BCUT2D eigenvalue weighted by molar-refractivity contribution is 7.11. The predicted octanol–water partition coefficient (Wildman–Crippen LogP) is 4.22. The Morgan fingerprint density at radius 1 is 1.21 bits per heavy atom. The molecule has 2 nitrogen and oxygen atoms in total. The van der Waals surface area contributed by atoms with Gasteiger partial charge >= 0.3 is 0 Å². The molecule has 2 aromatic rings. The Morgan fingerprint density at radius 3 is 2.63 bits per heavy atom. The Bertz CT molecular complexity index is 498. The zero-order valence-corrected chi connectivity index (χ0v) is 13.0. The summed E-state index contributed by atoms with van der Waals surface area (Å²) >= 11 is 1.92. The molecule has 1 N–H and O–H groups in total. The Kier molecular flexibility index (Phi) is 5.23. The van der Waals surface area contributed by atoms with Gasteiger partial charge < -0.3 is 9.88 Å². The quantitative estimate of drug-likeness (QED) is 0.801. The minimum Gasteiger partial charge on any atom is -0.349 e. The van der Waals surface area contributed by atoms with Gasteiger partial charge in [0.25, 0.3) is 0 Å². The van der Waals surface area contributed by atoms with Gasteiger partial charge in [0.05, 0.1) is 6.54 Å². The molecule has 2 aromatic heterocycles. The van der Waals surface area contributed by atoms with Gasteiger partial charge in [-0.25, -0.2) is 0 Å². The van der Waals surface area contributed by atoms with Crippen molar-refractivity contribution in [1.29, 1.82) is 0 Å². The summed E-state index contributed by atoms with van der Waals surface area (Å²) in [6.45, 7) is 5.44. The second kappa shape index (κ2) is 6.92. The Hall–Kier alpha value is -1.06. The highest BCUT2D eigenvalue weighted by Gasteiger charge is 2.09. The van der Waals surface area contributed by atoms with E-state index < -0.39 is 0 Å². The summed E-state index contributed by atoms with van der Waals surface area (Å²) in [6, 6.07) is 7.23. The zero-order chi connectivity index (χ0) is 13.7. The number of hydrogen-bond acceptors (Lipinski definition) is 2. The van der Waals surface area contributed by atoms with Crippen molar-refractivity contribution in [2.45, 2.75) is 45.7 Å².